The Hall–Kier alpha value is 0.926. The van der Waals surface area contributed by atoms with Crippen LogP contribution in [0.4, 0.5) is 0 Å². The Labute approximate surface area is 149 Å². The topological polar surface area (TPSA) is 13.0 Å². The van der Waals surface area contributed by atoms with Gasteiger partial charge in [-0.2, -0.15) is 0 Å². The molecule has 0 aromatic rings. The van der Waals surface area contributed by atoms with Crippen LogP contribution in [-0.4, -0.2) is 97.1 Å². The molecule has 0 saturated carbocycles. The van der Waals surface area contributed by atoms with E-state index >= 15 is 0 Å². The summed E-state index contributed by atoms with van der Waals surface area (Å²) < 4.78 is -0.739. The van der Waals surface area contributed by atoms with Crippen LogP contribution in [0.3, 0.4) is 0 Å². The molecule has 2 unspecified atom stereocenters. The number of likely N-dealkylation sites (N-methyl/N-ethyl adjacent to an activating group) is 2. The molecule has 7 heteroatoms. The van der Waals surface area contributed by atoms with Gasteiger partial charge in [0.2, 0.25) is 0 Å². The first kappa shape index (κ1) is 20.0. The van der Waals surface area contributed by atoms with Crippen LogP contribution in [0.15, 0.2) is 0 Å². The van der Waals surface area contributed by atoms with E-state index in [1.807, 2.05) is 0 Å². The Bertz CT molecular complexity index is 307. The van der Waals surface area contributed by atoms with Crippen molar-refractivity contribution < 1.29 is 16.8 Å². The van der Waals surface area contributed by atoms with Gasteiger partial charge in [-0.15, -0.1) is 0 Å². The van der Waals surface area contributed by atoms with E-state index in [-0.39, 0.29) is 16.8 Å². The molecular weight excluding hydrogens is 354 g/mol. The summed E-state index contributed by atoms with van der Waals surface area (Å²) in [7, 11) is 4.35. The smallest absolute Gasteiger partial charge is 0.172 e. The normalized spacial score (nSPS) is 33.1. The number of hydrogen-bond acceptors (Lipinski definition) is 4. The summed E-state index contributed by atoms with van der Waals surface area (Å²) in [4.78, 5) is 9.54. The molecule has 2 fully saturated rings. The third-order valence-corrected chi connectivity index (χ3v) is 5.36. The molecule has 0 spiro atoms. The number of hydrogen-bond donors (Lipinski definition) is 0. The van der Waals surface area contributed by atoms with E-state index < -0.39 is 4.46 Å². The van der Waals surface area contributed by atoms with Crippen molar-refractivity contribution in [2.75, 3.05) is 73.0 Å². The third kappa shape index (κ3) is 6.51. The molecule has 21 heavy (non-hydrogen) atoms. The zero-order valence-corrected chi connectivity index (χ0v) is 15.7. The maximum atomic E-state index is 6.63. The monoisotopic (exact) mass is 381 g/mol. The van der Waals surface area contributed by atoms with Gasteiger partial charge in [0, 0.05) is 69.0 Å². The van der Waals surface area contributed by atoms with Gasteiger partial charge in [0.25, 0.3) is 0 Å². The van der Waals surface area contributed by atoms with E-state index in [2.05, 4.69) is 33.7 Å². The molecule has 0 N–H and O–H groups in total. The Morgan fingerprint density at radius 3 is 2.05 bits per heavy atom. The minimum atomic E-state index is -0.739. The molecule has 0 aliphatic carbocycles. The summed E-state index contributed by atoms with van der Waals surface area (Å²) in [6.45, 7) is 9.53. The van der Waals surface area contributed by atoms with Gasteiger partial charge in [-0.25, -0.2) is 0 Å². The molecule has 2 saturated heterocycles. The van der Waals surface area contributed by atoms with Crippen molar-refractivity contribution in [3.05, 3.63) is 0 Å². The number of alkyl halides is 2. The Morgan fingerprint density at radius 2 is 1.29 bits per heavy atom. The molecule has 2 rings (SSSR count). The zero-order chi connectivity index (χ0) is 14.6. The number of halogens is 2. The van der Waals surface area contributed by atoms with Crippen molar-refractivity contribution in [2.24, 2.45) is 0 Å². The SMILES string of the molecule is CN1CCCN2CCN(C)CCC(Cl)(Cl)N(CC1)CC2.[Co]. The summed E-state index contributed by atoms with van der Waals surface area (Å²) in [6.07, 6.45) is 2.05. The first-order valence-corrected chi connectivity index (χ1v) is 8.45. The van der Waals surface area contributed by atoms with Crippen molar-refractivity contribution in [2.45, 2.75) is 17.3 Å². The van der Waals surface area contributed by atoms with Crippen LogP contribution in [0.2, 0.25) is 0 Å². The van der Waals surface area contributed by atoms with Crippen molar-refractivity contribution in [1.82, 2.24) is 19.6 Å². The van der Waals surface area contributed by atoms with E-state index in [1.54, 1.807) is 0 Å². The fourth-order valence-electron chi connectivity index (χ4n) is 2.91. The Kier molecular flexibility index (Phi) is 8.82. The number of nitrogens with zero attached hydrogens (tertiary/aromatic N) is 4. The summed E-state index contributed by atoms with van der Waals surface area (Å²) in [5, 5.41) is 0. The van der Waals surface area contributed by atoms with Crippen LogP contribution in [0.1, 0.15) is 12.8 Å². The van der Waals surface area contributed by atoms with Crippen molar-refractivity contribution >= 4 is 23.2 Å². The predicted molar refractivity (Wildman–Crippen MR) is 86.7 cm³/mol. The third-order valence-electron chi connectivity index (χ3n) is 4.51. The molecular formula is C14H28Cl2CoN4. The van der Waals surface area contributed by atoms with E-state index in [0.29, 0.717) is 0 Å². The molecule has 0 amide bonds. The van der Waals surface area contributed by atoms with E-state index in [4.69, 9.17) is 23.2 Å². The number of fused-ring (bicyclic) bond motifs is 3. The standard InChI is InChI=1S/C14H28Cl2N4.Co/c1-17-5-3-6-19-10-8-18(2)7-4-14(15,16)20(12-9-17)13-11-19;/h3-13H2,1-2H3;. The summed E-state index contributed by atoms with van der Waals surface area (Å²) in [5.74, 6) is 0. The van der Waals surface area contributed by atoms with Gasteiger partial charge in [-0.1, -0.05) is 23.2 Å². The van der Waals surface area contributed by atoms with E-state index in [1.165, 1.54) is 13.0 Å². The summed E-state index contributed by atoms with van der Waals surface area (Å²) >= 11 is 13.3. The van der Waals surface area contributed by atoms with Crippen LogP contribution in [-0.2, 0) is 16.8 Å². The van der Waals surface area contributed by atoms with Crippen molar-refractivity contribution in [3.8, 4) is 0 Å². The first-order valence-electron chi connectivity index (χ1n) is 7.70. The second-order valence-corrected chi connectivity index (χ2v) is 7.65. The number of rotatable bonds is 0. The maximum Gasteiger partial charge on any atom is 0.172 e. The second-order valence-electron chi connectivity index (χ2n) is 6.20. The van der Waals surface area contributed by atoms with E-state index in [9.17, 15) is 0 Å². The Morgan fingerprint density at radius 1 is 0.714 bits per heavy atom. The molecule has 4 nitrogen and oxygen atoms in total. The van der Waals surface area contributed by atoms with Gasteiger partial charge < -0.3 is 14.7 Å². The average Bonchev–Trinajstić information content (AvgIpc) is 2.40. The second kappa shape index (κ2) is 9.28. The minimum Gasteiger partial charge on any atom is -0.305 e. The quantitative estimate of drug-likeness (QED) is 0.464. The molecule has 2 atom stereocenters. The van der Waals surface area contributed by atoms with Gasteiger partial charge in [0.15, 0.2) is 4.46 Å². The van der Waals surface area contributed by atoms with Gasteiger partial charge in [0.1, 0.15) is 0 Å². The van der Waals surface area contributed by atoms with Crippen LogP contribution >= 0.6 is 23.2 Å². The molecule has 2 heterocycles. The van der Waals surface area contributed by atoms with Crippen molar-refractivity contribution in [1.29, 1.82) is 0 Å². The largest absolute Gasteiger partial charge is 0.305 e. The Balaban J connectivity index is 0.00000220. The van der Waals surface area contributed by atoms with Gasteiger partial charge in [0.05, 0.1) is 0 Å². The first-order chi connectivity index (χ1) is 9.47. The molecule has 0 aromatic heterocycles. The summed E-state index contributed by atoms with van der Waals surface area (Å²) in [5.41, 5.74) is 0. The van der Waals surface area contributed by atoms with Crippen molar-refractivity contribution in [3.63, 3.8) is 0 Å². The maximum absolute atomic E-state index is 6.63. The van der Waals surface area contributed by atoms with Crippen LogP contribution in [0, 0.1) is 0 Å². The molecule has 1 radical (unpaired) electrons. The fourth-order valence-corrected chi connectivity index (χ4v) is 3.42. The summed E-state index contributed by atoms with van der Waals surface area (Å²) in [6, 6.07) is 0. The molecule has 2 aliphatic rings. The molecule has 2 aliphatic heterocycles. The molecule has 127 valence electrons. The molecule has 2 bridgehead atoms. The van der Waals surface area contributed by atoms with Crippen LogP contribution in [0.25, 0.3) is 0 Å². The fraction of sp³-hybridized carbons (Fsp3) is 1.00. The molecule has 0 aromatic carbocycles. The van der Waals surface area contributed by atoms with E-state index in [0.717, 1.165) is 58.8 Å². The van der Waals surface area contributed by atoms with Crippen LogP contribution < -0.4 is 0 Å². The predicted octanol–water partition coefficient (Wildman–Crippen LogP) is 1.39. The van der Waals surface area contributed by atoms with Gasteiger partial charge >= 0.3 is 0 Å². The minimum absolute atomic E-state index is 0. The zero-order valence-electron chi connectivity index (χ0n) is 13.2. The van der Waals surface area contributed by atoms with Gasteiger partial charge in [-0.3, -0.25) is 4.90 Å². The average molecular weight is 382 g/mol. The van der Waals surface area contributed by atoms with Crippen LogP contribution in [0.5, 0.6) is 0 Å². The van der Waals surface area contributed by atoms with Gasteiger partial charge in [-0.05, 0) is 33.6 Å².